The number of ketones is 1. The molecule has 0 aromatic heterocycles. The van der Waals surface area contributed by atoms with Gasteiger partial charge in [0.05, 0.1) is 0 Å². The van der Waals surface area contributed by atoms with Gasteiger partial charge in [0.25, 0.3) is 0 Å². The lowest BCUT2D eigenvalue weighted by molar-refractivity contribution is 0.0992. The fourth-order valence-corrected chi connectivity index (χ4v) is 2.20. The number of hydrogen-bond donors (Lipinski definition) is 0. The number of carbonyl (C=O) groups is 1. The van der Waals surface area contributed by atoms with Crippen LogP contribution in [0.4, 0.5) is 4.39 Å². The highest BCUT2D eigenvalue weighted by molar-refractivity contribution is 9.10. The van der Waals surface area contributed by atoms with Crippen molar-refractivity contribution in [1.29, 1.82) is 0 Å². The van der Waals surface area contributed by atoms with Gasteiger partial charge in [0.1, 0.15) is 5.82 Å². The van der Waals surface area contributed by atoms with Gasteiger partial charge in [0.15, 0.2) is 5.78 Å². The first-order valence-corrected chi connectivity index (χ1v) is 6.39. The van der Waals surface area contributed by atoms with Crippen LogP contribution in [0.25, 0.3) is 0 Å². The van der Waals surface area contributed by atoms with E-state index in [0.717, 1.165) is 15.6 Å². The van der Waals surface area contributed by atoms with E-state index >= 15 is 0 Å². The van der Waals surface area contributed by atoms with Crippen molar-refractivity contribution in [2.75, 3.05) is 0 Å². The fourth-order valence-electron chi connectivity index (χ4n) is 1.74. The highest BCUT2D eigenvalue weighted by Gasteiger charge is 2.11. The molecule has 0 aliphatic rings. The Morgan fingerprint density at radius 3 is 2.50 bits per heavy atom. The molecule has 0 bridgehead atoms. The van der Waals surface area contributed by atoms with E-state index < -0.39 is 0 Å². The standard InChI is InChI=1S/C15H12BrFO/c1-10-2-7-14(16)13(8-10)15(18)9-11-3-5-12(17)6-4-11/h2-8H,9H2,1H3. The van der Waals surface area contributed by atoms with E-state index in [2.05, 4.69) is 15.9 Å². The topological polar surface area (TPSA) is 17.1 Å². The van der Waals surface area contributed by atoms with Gasteiger partial charge in [-0.15, -0.1) is 0 Å². The summed E-state index contributed by atoms with van der Waals surface area (Å²) >= 11 is 3.38. The van der Waals surface area contributed by atoms with Gasteiger partial charge in [-0.1, -0.05) is 39.7 Å². The van der Waals surface area contributed by atoms with E-state index in [1.54, 1.807) is 12.1 Å². The Morgan fingerprint density at radius 2 is 1.83 bits per heavy atom. The summed E-state index contributed by atoms with van der Waals surface area (Å²) < 4.78 is 13.6. The average molecular weight is 307 g/mol. The number of aryl methyl sites for hydroxylation is 1. The molecule has 0 aliphatic heterocycles. The van der Waals surface area contributed by atoms with Gasteiger partial charge in [-0.2, -0.15) is 0 Å². The summed E-state index contributed by atoms with van der Waals surface area (Å²) in [6.45, 7) is 1.95. The number of rotatable bonds is 3. The van der Waals surface area contributed by atoms with E-state index in [4.69, 9.17) is 0 Å². The zero-order valence-corrected chi connectivity index (χ0v) is 11.5. The molecule has 92 valence electrons. The summed E-state index contributed by atoms with van der Waals surface area (Å²) in [6.07, 6.45) is 0.280. The summed E-state index contributed by atoms with van der Waals surface area (Å²) in [5.41, 5.74) is 2.52. The van der Waals surface area contributed by atoms with Gasteiger partial charge in [0.2, 0.25) is 0 Å². The molecule has 0 N–H and O–H groups in total. The highest BCUT2D eigenvalue weighted by atomic mass is 79.9. The molecule has 2 rings (SSSR count). The van der Waals surface area contributed by atoms with Crippen molar-refractivity contribution < 1.29 is 9.18 Å². The van der Waals surface area contributed by atoms with Crippen LogP contribution in [0.2, 0.25) is 0 Å². The summed E-state index contributed by atoms with van der Waals surface area (Å²) in [5.74, 6) is -0.264. The van der Waals surface area contributed by atoms with Crippen LogP contribution in [-0.2, 0) is 6.42 Å². The number of halogens is 2. The molecule has 0 radical (unpaired) electrons. The van der Waals surface area contributed by atoms with Crippen LogP contribution in [0.15, 0.2) is 46.9 Å². The third-order valence-corrected chi connectivity index (χ3v) is 3.39. The second kappa shape index (κ2) is 5.44. The number of hydrogen-bond acceptors (Lipinski definition) is 1. The summed E-state index contributed by atoms with van der Waals surface area (Å²) in [6, 6.07) is 11.7. The van der Waals surface area contributed by atoms with Crippen LogP contribution < -0.4 is 0 Å². The molecule has 0 amide bonds. The molecule has 0 saturated carbocycles. The summed E-state index contributed by atoms with van der Waals surface area (Å²) in [7, 11) is 0. The van der Waals surface area contributed by atoms with Crippen molar-refractivity contribution in [3.8, 4) is 0 Å². The maximum absolute atomic E-state index is 12.8. The van der Waals surface area contributed by atoms with E-state index in [0.29, 0.717) is 5.56 Å². The predicted octanol–water partition coefficient (Wildman–Crippen LogP) is 4.32. The summed E-state index contributed by atoms with van der Waals surface area (Å²) in [5, 5.41) is 0. The van der Waals surface area contributed by atoms with Crippen LogP contribution in [0.1, 0.15) is 21.5 Å². The van der Waals surface area contributed by atoms with Crippen LogP contribution in [0, 0.1) is 12.7 Å². The molecular weight excluding hydrogens is 295 g/mol. The second-order valence-corrected chi connectivity index (χ2v) is 5.06. The van der Waals surface area contributed by atoms with Crippen molar-refractivity contribution in [2.24, 2.45) is 0 Å². The first-order valence-electron chi connectivity index (χ1n) is 5.60. The zero-order chi connectivity index (χ0) is 13.1. The van der Waals surface area contributed by atoms with Gasteiger partial charge in [-0.3, -0.25) is 4.79 Å². The highest BCUT2D eigenvalue weighted by Crippen LogP contribution is 2.20. The third-order valence-electron chi connectivity index (χ3n) is 2.70. The molecule has 0 atom stereocenters. The Labute approximate surface area is 114 Å². The molecule has 18 heavy (non-hydrogen) atoms. The molecule has 0 unspecified atom stereocenters. The van der Waals surface area contributed by atoms with E-state index in [1.165, 1.54) is 12.1 Å². The first kappa shape index (κ1) is 13.0. The SMILES string of the molecule is Cc1ccc(Br)c(C(=O)Cc2ccc(F)cc2)c1. The fraction of sp³-hybridized carbons (Fsp3) is 0.133. The number of carbonyl (C=O) groups excluding carboxylic acids is 1. The first-order chi connectivity index (χ1) is 8.56. The van der Waals surface area contributed by atoms with Gasteiger partial charge in [-0.05, 0) is 36.8 Å². The molecule has 3 heteroatoms. The van der Waals surface area contributed by atoms with E-state index in [1.807, 2.05) is 25.1 Å². The normalized spacial score (nSPS) is 10.4. The Hall–Kier alpha value is -1.48. The molecule has 0 heterocycles. The van der Waals surface area contributed by atoms with Crippen LogP contribution in [0.5, 0.6) is 0 Å². The monoisotopic (exact) mass is 306 g/mol. The van der Waals surface area contributed by atoms with Crippen molar-refractivity contribution >= 4 is 21.7 Å². The predicted molar refractivity (Wildman–Crippen MR) is 73.3 cm³/mol. The van der Waals surface area contributed by atoms with Crippen molar-refractivity contribution in [1.82, 2.24) is 0 Å². The lowest BCUT2D eigenvalue weighted by Gasteiger charge is -2.05. The van der Waals surface area contributed by atoms with Crippen LogP contribution in [-0.4, -0.2) is 5.78 Å². The quantitative estimate of drug-likeness (QED) is 0.772. The van der Waals surface area contributed by atoms with E-state index in [-0.39, 0.29) is 18.0 Å². The molecule has 0 fully saturated rings. The molecule has 2 aromatic carbocycles. The van der Waals surface area contributed by atoms with Crippen molar-refractivity contribution in [3.63, 3.8) is 0 Å². The average Bonchev–Trinajstić information content (AvgIpc) is 2.35. The van der Waals surface area contributed by atoms with Crippen molar-refractivity contribution in [2.45, 2.75) is 13.3 Å². The minimum absolute atomic E-state index is 0.0252. The molecular formula is C15H12BrFO. The molecule has 1 nitrogen and oxygen atoms in total. The zero-order valence-electron chi connectivity index (χ0n) is 9.91. The Bertz CT molecular complexity index is 576. The summed E-state index contributed by atoms with van der Waals surface area (Å²) in [4.78, 5) is 12.1. The Balaban J connectivity index is 2.21. The molecule has 0 spiro atoms. The molecule has 0 saturated heterocycles. The molecule has 0 aliphatic carbocycles. The van der Waals surface area contributed by atoms with Gasteiger partial charge in [0, 0.05) is 16.5 Å². The number of benzene rings is 2. The lowest BCUT2D eigenvalue weighted by atomic mass is 10.0. The minimum Gasteiger partial charge on any atom is -0.294 e. The third kappa shape index (κ3) is 3.05. The van der Waals surface area contributed by atoms with Crippen LogP contribution in [0.3, 0.4) is 0 Å². The maximum Gasteiger partial charge on any atom is 0.168 e. The smallest absolute Gasteiger partial charge is 0.168 e. The van der Waals surface area contributed by atoms with Gasteiger partial charge in [-0.25, -0.2) is 4.39 Å². The Kier molecular flexibility index (Phi) is 3.92. The van der Waals surface area contributed by atoms with Gasteiger partial charge < -0.3 is 0 Å². The van der Waals surface area contributed by atoms with Crippen LogP contribution >= 0.6 is 15.9 Å². The van der Waals surface area contributed by atoms with Crippen molar-refractivity contribution in [3.05, 3.63) is 69.4 Å². The van der Waals surface area contributed by atoms with E-state index in [9.17, 15) is 9.18 Å². The Morgan fingerprint density at radius 1 is 1.17 bits per heavy atom. The number of Topliss-reactive ketones (excluding diaryl/α,β-unsaturated/α-hetero) is 1. The maximum atomic E-state index is 12.8. The lowest BCUT2D eigenvalue weighted by Crippen LogP contribution is -2.05. The second-order valence-electron chi connectivity index (χ2n) is 4.21. The largest absolute Gasteiger partial charge is 0.294 e. The minimum atomic E-state index is -0.289. The van der Waals surface area contributed by atoms with Gasteiger partial charge >= 0.3 is 0 Å². The molecule has 2 aromatic rings.